The molecule has 1 aliphatic rings. The minimum atomic E-state index is -4.51. The molecule has 3 aromatic heterocycles. The Morgan fingerprint density at radius 3 is 2.52 bits per heavy atom. The summed E-state index contributed by atoms with van der Waals surface area (Å²) < 4.78 is 56.1. The average Bonchev–Trinajstić information content (AvgIpc) is 3.20. The summed E-state index contributed by atoms with van der Waals surface area (Å²) in [6.45, 7) is -0.0371. The highest BCUT2D eigenvalue weighted by Crippen LogP contribution is 2.32. The van der Waals surface area contributed by atoms with E-state index in [0.29, 0.717) is 35.4 Å². The SMILES string of the molecule is O=C(c1ccc2c(-c3cnc4ccc(F)cn34)nn(CC(F)(F)F)c2c1)N1CCCCCC1. The molecule has 1 aliphatic heterocycles. The number of benzene rings is 1. The highest BCUT2D eigenvalue weighted by atomic mass is 19.4. The van der Waals surface area contributed by atoms with Crippen LogP contribution in [0.15, 0.2) is 42.7 Å². The topological polar surface area (TPSA) is 55.4 Å². The molecule has 1 amide bonds. The van der Waals surface area contributed by atoms with E-state index in [1.807, 2.05) is 0 Å². The summed E-state index contributed by atoms with van der Waals surface area (Å²) in [4.78, 5) is 19.0. The van der Waals surface area contributed by atoms with Gasteiger partial charge < -0.3 is 4.90 Å². The average molecular weight is 459 g/mol. The Hall–Kier alpha value is -3.43. The van der Waals surface area contributed by atoms with E-state index in [2.05, 4.69) is 10.1 Å². The normalized spacial score (nSPS) is 15.3. The minimum Gasteiger partial charge on any atom is -0.339 e. The van der Waals surface area contributed by atoms with Gasteiger partial charge in [0.25, 0.3) is 5.91 Å². The summed E-state index contributed by atoms with van der Waals surface area (Å²) >= 11 is 0. The number of likely N-dealkylation sites (tertiary alicyclic amines) is 1. The second-order valence-electron chi connectivity index (χ2n) is 8.28. The molecule has 4 aromatic rings. The molecule has 172 valence electrons. The minimum absolute atomic E-state index is 0.189. The Morgan fingerprint density at radius 1 is 1.03 bits per heavy atom. The molecule has 5 rings (SSSR count). The van der Waals surface area contributed by atoms with Gasteiger partial charge in [-0.05, 0) is 43.2 Å². The van der Waals surface area contributed by atoms with Crippen molar-refractivity contribution >= 4 is 22.5 Å². The summed E-state index contributed by atoms with van der Waals surface area (Å²) in [7, 11) is 0. The molecule has 0 aliphatic carbocycles. The molecule has 0 saturated carbocycles. The molecule has 0 N–H and O–H groups in total. The molecule has 0 radical (unpaired) electrons. The smallest absolute Gasteiger partial charge is 0.339 e. The van der Waals surface area contributed by atoms with Crippen molar-refractivity contribution in [1.29, 1.82) is 0 Å². The molecule has 1 aromatic carbocycles. The van der Waals surface area contributed by atoms with E-state index in [1.54, 1.807) is 17.0 Å². The lowest BCUT2D eigenvalue weighted by atomic mass is 10.1. The number of alkyl halides is 3. The van der Waals surface area contributed by atoms with Crippen molar-refractivity contribution in [3.05, 3.63) is 54.1 Å². The zero-order valence-electron chi connectivity index (χ0n) is 17.6. The third-order valence-corrected chi connectivity index (χ3v) is 5.93. The van der Waals surface area contributed by atoms with Crippen LogP contribution < -0.4 is 0 Å². The van der Waals surface area contributed by atoms with Gasteiger partial charge in [0.1, 0.15) is 23.7 Å². The Balaban J connectivity index is 1.63. The van der Waals surface area contributed by atoms with E-state index in [1.165, 1.54) is 35.0 Å². The molecule has 10 heteroatoms. The maximum atomic E-state index is 13.8. The van der Waals surface area contributed by atoms with Crippen LogP contribution in [0.3, 0.4) is 0 Å². The van der Waals surface area contributed by atoms with E-state index in [-0.39, 0.29) is 17.1 Å². The van der Waals surface area contributed by atoms with Crippen LogP contribution in [0.25, 0.3) is 27.9 Å². The molecule has 0 bridgehead atoms. The Morgan fingerprint density at radius 2 is 1.79 bits per heavy atom. The first-order valence-electron chi connectivity index (χ1n) is 10.8. The molecule has 0 unspecified atom stereocenters. The van der Waals surface area contributed by atoms with Crippen LogP contribution in [0.2, 0.25) is 0 Å². The van der Waals surface area contributed by atoms with Gasteiger partial charge in [0, 0.05) is 30.2 Å². The number of pyridine rings is 1. The Kier molecular flexibility index (Phi) is 5.30. The molecule has 0 atom stereocenters. The summed E-state index contributed by atoms with van der Waals surface area (Å²) in [6, 6.07) is 7.42. The van der Waals surface area contributed by atoms with Crippen molar-refractivity contribution in [2.24, 2.45) is 0 Å². The standard InChI is InChI=1S/C23H21F4N5O/c24-16-6-8-20-28-12-19(31(20)13-16)21-17-7-5-15(22(33)30-9-3-1-2-4-10-30)11-18(17)32(29-21)14-23(25,26)27/h5-8,11-13H,1-4,9-10,14H2. The third-order valence-electron chi connectivity index (χ3n) is 5.93. The lowest BCUT2D eigenvalue weighted by Crippen LogP contribution is -2.31. The lowest BCUT2D eigenvalue weighted by Gasteiger charge is -2.20. The number of imidazole rings is 1. The molecular weight excluding hydrogens is 438 g/mol. The van der Waals surface area contributed by atoms with Gasteiger partial charge in [-0.15, -0.1) is 0 Å². The predicted molar refractivity (Wildman–Crippen MR) is 114 cm³/mol. The number of hydrogen-bond donors (Lipinski definition) is 0. The van der Waals surface area contributed by atoms with E-state index >= 15 is 0 Å². The van der Waals surface area contributed by atoms with Crippen LogP contribution in [0.5, 0.6) is 0 Å². The first kappa shape index (κ1) is 21.4. The van der Waals surface area contributed by atoms with Crippen LogP contribution in [-0.4, -0.2) is 49.2 Å². The number of rotatable bonds is 3. The molecule has 6 nitrogen and oxygen atoms in total. The maximum Gasteiger partial charge on any atom is 0.408 e. The monoisotopic (exact) mass is 459 g/mol. The van der Waals surface area contributed by atoms with Crippen LogP contribution in [0.4, 0.5) is 17.6 Å². The molecule has 1 fully saturated rings. The second-order valence-corrected chi connectivity index (χ2v) is 8.28. The number of fused-ring (bicyclic) bond motifs is 2. The number of aromatic nitrogens is 4. The van der Waals surface area contributed by atoms with Crippen molar-refractivity contribution < 1.29 is 22.4 Å². The van der Waals surface area contributed by atoms with Crippen LogP contribution >= 0.6 is 0 Å². The van der Waals surface area contributed by atoms with Crippen molar-refractivity contribution in [3.63, 3.8) is 0 Å². The van der Waals surface area contributed by atoms with Crippen LogP contribution in [0.1, 0.15) is 36.0 Å². The van der Waals surface area contributed by atoms with Crippen LogP contribution in [-0.2, 0) is 6.54 Å². The fraction of sp³-hybridized carbons (Fsp3) is 0.348. The lowest BCUT2D eigenvalue weighted by molar-refractivity contribution is -0.141. The number of hydrogen-bond acceptors (Lipinski definition) is 3. The van der Waals surface area contributed by atoms with Gasteiger partial charge in [-0.1, -0.05) is 12.8 Å². The molecule has 0 spiro atoms. The zero-order valence-corrected chi connectivity index (χ0v) is 17.6. The van der Waals surface area contributed by atoms with E-state index < -0.39 is 18.5 Å². The Labute approximate surface area is 186 Å². The quantitative estimate of drug-likeness (QED) is 0.402. The third kappa shape index (κ3) is 4.17. The molecular formula is C23H21F4N5O. The van der Waals surface area contributed by atoms with E-state index in [4.69, 9.17) is 0 Å². The van der Waals surface area contributed by atoms with Crippen molar-refractivity contribution in [1.82, 2.24) is 24.1 Å². The molecule has 33 heavy (non-hydrogen) atoms. The van der Waals surface area contributed by atoms with Gasteiger partial charge in [-0.25, -0.2) is 9.37 Å². The second kappa shape index (κ2) is 8.17. The van der Waals surface area contributed by atoms with E-state index in [0.717, 1.165) is 30.4 Å². The summed E-state index contributed by atoms with van der Waals surface area (Å²) in [6.07, 6.45) is 2.10. The van der Waals surface area contributed by atoms with Gasteiger partial charge in [-0.2, -0.15) is 18.3 Å². The van der Waals surface area contributed by atoms with Gasteiger partial charge in [-0.3, -0.25) is 13.9 Å². The zero-order chi connectivity index (χ0) is 23.2. The number of carbonyl (C=O) groups is 1. The molecule has 1 saturated heterocycles. The van der Waals surface area contributed by atoms with Crippen molar-refractivity contribution in [2.75, 3.05) is 13.1 Å². The fourth-order valence-corrected chi connectivity index (χ4v) is 4.37. The predicted octanol–water partition coefficient (Wildman–Crippen LogP) is 5.07. The number of halogens is 4. The highest BCUT2D eigenvalue weighted by Gasteiger charge is 2.31. The van der Waals surface area contributed by atoms with Gasteiger partial charge in [0.2, 0.25) is 0 Å². The first-order valence-corrected chi connectivity index (χ1v) is 10.8. The largest absolute Gasteiger partial charge is 0.408 e. The van der Waals surface area contributed by atoms with Gasteiger partial charge in [0.15, 0.2) is 0 Å². The highest BCUT2D eigenvalue weighted by molar-refractivity contribution is 6.01. The fourth-order valence-electron chi connectivity index (χ4n) is 4.37. The molecule has 4 heterocycles. The van der Waals surface area contributed by atoms with E-state index in [9.17, 15) is 22.4 Å². The number of amides is 1. The maximum absolute atomic E-state index is 13.8. The number of carbonyl (C=O) groups excluding carboxylic acids is 1. The summed E-state index contributed by atoms with van der Waals surface area (Å²) in [5.41, 5.74) is 1.55. The van der Waals surface area contributed by atoms with Gasteiger partial charge >= 0.3 is 6.18 Å². The first-order chi connectivity index (χ1) is 15.8. The number of nitrogens with zero attached hydrogens (tertiary/aromatic N) is 5. The van der Waals surface area contributed by atoms with Crippen molar-refractivity contribution in [3.8, 4) is 11.4 Å². The summed E-state index contributed by atoms with van der Waals surface area (Å²) in [5, 5.41) is 4.64. The summed E-state index contributed by atoms with van der Waals surface area (Å²) in [5.74, 6) is -0.705. The van der Waals surface area contributed by atoms with Gasteiger partial charge in [0.05, 0.1) is 17.4 Å². The van der Waals surface area contributed by atoms with Crippen LogP contribution in [0, 0.1) is 5.82 Å². The van der Waals surface area contributed by atoms with Crippen molar-refractivity contribution in [2.45, 2.75) is 38.4 Å². The Bertz CT molecular complexity index is 1330.